The second-order valence-corrected chi connectivity index (χ2v) is 23.2. The predicted octanol–water partition coefficient (Wildman–Crippen LogP) is 3.54. The number of nitrogens with two attached hydrogens (primary N) is 1. The van der Waals surface area contributed by atoms with E-state index >= 15 is 0 Å². The van der Waals surface area contributed by atoms with Crippen molar-refractivity contribution < 1.29 is 80.5 Å². The molecule has 68 heavy (non-hydrogen) atoms. The lowest BCUT2D eigenvalue weighted by molar-refractivity contribution is -0.137. The summed E-state index contributed by atoms with van der Waals surface area (Å²) in [5, 5.41) is 26.7. The number of nitrogen functional groups attached to an aromatic ring is 1. The van der Waals surface area contributed by atoms with Crippen molar-refractivity contribution in [3.05, 3.63) is 48.0 Å². The predicted molar refractivity (Wildman–Crippen MR) is 243 cm³/mol. The number of fused-ring (bicyclic) bond motifs is 1. The summed E-state index contributed by atoms with van der Waals surface area (Å²) in [4.78, 5) is 89.5. The van der Waals surface area contributed by atoms with Gasteiger partial charge in [-0.15, -0.1) is 0 Å². The van der Waals surface area contributed by atoms with Crippen LogP contribution in [-0.2, 0) is 63.5 Å². The van der Waals surface area contributed by atoms with Gasteiger partial charge in [0.15, 0.2) is 17.7 Å². The molecular weight excluding hydrogens is 955 g/mol. The number of hydrogen-bond acceptors (Lipinski definition) is 17. The number of aliphatic hydroxyl groups excluding tert-OH is 2. The van der Waals surface area contributed by atoms with Crippen LogP contribution in [0.15, 0.2) is 36.9 Å². The van der Waals surface area contributed by atoms with Crippen LogP contribution in [0.25, 0.3) is 11.2 Å². The zero-order valence-corrected chi connectivity index (χ0v) is 41.3. The molecular formula is C41H64N7O17P3. The van der Waals surface area contributed by atoms with Crippen LogP contribution in [0.1, 0.15) is 103 Å². The van der Waals surface area contributed by atoms with Crippen molar-refractivity contribution >= 4 is 58.0 Å². The summed E-state index contributed by atoms with van der Waals surface area (Å²) in [5.74, 6) is -1.47. The Morgan fingerprint density at radius 1 is 0.926 bits per heavy atom. The molecule has 24 nitrogen and oxygen atoms in total. The van der Waals surface area contributed by atoms with Crippen molar-refractivity contribution in [3.63, 3.8) is 0 Å². The zero-order chi connectivity index (χ0) is 50.3. The van der Waals surface area contributed by atoms with Crippen LogP contribution in [-0.4, -0.2) is 118 Å². The zero-order valence-electron chi connectivity index (χ0n) is 38.6. The minimum Gasteiger partial charge on any atom is -0.386 e. The fraction of sp³-hybridized carbons (Fsp3) is 0.659. The van der Waals surface area contributed by atoms with Crippen molar-refractivity contribution in [3.8, 4) is 0 Å². The minimum absolute atomic E-state index is 0.00630. The van der Waals surface area contributed by atoms with Gasteiger partial charge in [-0.3, -0.25) is 32.5 Å². The van der Waals surface area contributed by atoms with Crippen LogP contribution in [0, 0.1) is 16.2 Å². The summed E-state index contributed by atoms with van der Waals surface area (Å²) in [7, 11) is -16.4. The van der Waals surface area contributed by atoms with Gasteiger partial charge in [-0.05, 0) is 67.9 Å². The lowest BCUT2D eigenvalue weighted by Gasteiger charge is -2.30. The van der Waals surface area contributed by atoms with E-state index in [4.69, 9.17) is 19.5 Å². The van der Waals surface area contributed by atoms with E-state index in [1.807, 2.05) is 13.8 Å². The van der Waals surface area contributed by atoms with Gasteiger partial charge in [0, 0.05) is 36.8 Å². The lowest BCUT2D eigenvalue weighted by atomic mass is 9.81. The third kappa shape index (κ3) is 16.2. The molecule has 3 heterocycles. The molecule has 1 saturated heterocycles. The Labute approximate surface area is 393 Å². The smallest absolute Gasteiger partial charge is 0.386 e. The molecule has 3 aromatic rings. The number of Topliss-reactive ketones (excluding diaryl/α,β-unsaturated/α-hetero) is 1. The molecule has 2 aromatic heterocycles. The molecule has 7 unspecified atom stereocenters. The van der Waals surface area contributed by atoms with Gasteiger partial charge in [0.25, 0.3) is 0 Å². The summed E-state index contributed by atoms with van der Waals surface area (Å²) < 4.78 is 62.6. The van der Waals surface area contributed by atoms with Crippen molar-refractivity contribution in [2.24, 2.45) is 16.2 Å². The summed E-state index contributed by atoms with van der Waals surface area (Å²) >= 11 is 0. The maximum Gasteiger partial charge on any atom is 0.481 e. The maximum absolute atomic E-state index is 13.0. The van der Waals surface area contributed by atoms with Crippen molar-refractivity contribution in [2.45, 2.75) is 129 Å². The molecule has 2 amide bonds. The number of imidazole rings is 1. The number of hydrogen-bond donors (Lipinski definition) is 9. The number of aryl methyl sites for hydroxylation is 2. The second-order valence-electron chi connectivity index (χ2n) is 19.0. The summed E-state index contributed by atoms with van der Waals surface area (Å²) in [6.45, 7) is 6.51. The van der Waals surface area contributed by atoms with Gasteiger partial charge in [-0.25, -0.2) is 28.6 Å². The highest BCUT2D eigenvalue weighted by Crippen LogP contribution is 2.61. The number of rotatable bonds is 28. The number of carbonyl (C=O) groups is 3. The molecule has 2 fully saturated rings. The van der Waals surface area contributed by atoms with Gasteiger partial charge in [0.05, 0.1) is 19.5 Å². The minimum atomic E-state index is -5.59. The highest BCUT2D eigenvalue weighted by atomic mass is 31.3. The molecule has 0 radical (unpaired) electrons. The standard InChI is InChI=1S/C41H64N7O17P3/c1-39(2,16-6-8-26-10-12-27(13-11-26)9-7-17-41(5)18-19-41)29(49)14-20-43-30(50)15-21-44-37(53)34(52)40(3,4)23-62-68(59,60)65-67(57,58)61-22-28-33(64-66(54,55)56)32(51)38(63-28)48-25-47-31-35(42)45-24-46-36(31)48/h10-13,24-25,28,32-34,38,51-52H,6-9,14-23H2,1-5H3,(H,43,50)(H,44,53)(H,57,58)(H,59,60)(H2,42,45,46)(H2,54,55,56). The Morgan fingerprint density at radius 3 is 2.18 bits per heavy atom. The molecule has 0 bridgehead atoms. The average Bonchev–Trinajstić information content (AvgIpc) is 3.69. The first-order valence-corrected chi connectivity index (χ1v) is 26.6. The first-order valence-electron chi connectivity index (χ1n) is 22.1. The fourth-order valence-corrected chi connectivity index (χ4v) is 10.4. The third-order valence-electron chi connectivity index (χ3n) is 12.1. The van der Waals surface area contributed by atoms with Crippen molar-refractivity contribution in [2.75, 3.05) is 32.0 Å². The number of ketones is 1. The molecule has 380 valence electrons. The number of aromatic nitrogens is 4. The molecule has 1 aliphatic carbocycles. The number of phosphoric ester groups is 3. The van der Waals surface area contributed by atoms with Crippen LogP contribution in [0.5, 0.6) is 0 Å². The van der Waals surface area contributed by atoms with Crippen molar-refractivity contribution in [1.29, 1.82) is 0 Å². The van der Waals surface area contributed by atoms with Crippen LogP contribution in [0.2, 0.25) is 0 Å². The molecule has 7 atom stereocenters. The molecule has 10 N–H and O–H groups in total. The Morgan fingerprint density at radius 2 is 1.54 bits per heavy atom. The SMILES string of the molecule is CC1(CCCc2ccc(CCCC(C)(C)C(=O)CCNC(=O)CCNC(=O)C(O)C(C)(C)COP(=O)(O)OP(=O)(O)OCC3OC(n4cnc5c(N)ncnc54)C(O)C3OP(=O)(O)O)cc2)CC1. The molecule has 1 aromatic carbocycles. The number of amides is 2. The van der Waals surface area contributed by atoms with E-state index in [1.165, 1.54) is 50.7 Å². The first-order chi connectivity index (χ1) is 31.6. The lowest BCUT2D eigenvalue weighted by Crippen LogP contribution is -2.46. The van der Waals surface area contributed by atoms with Gasteiger partial charge in [-0.1, -0.05) is 58.9 Å². The topological polar surface area (TPSA) is 364 Å². The van der Waals surface area contributed by atoms with Gasteiger partial charge in [-0.2, -0.15) is 4.31 Å². The van der Waals surface area contributed by atoms with E-state index in [0.717, 1.165) is 36.5 Å². The highest BCUT2D eigenvalue weighted by Gasteiger charge is 2.50. The Balaban J connectivity index is 0.988. The van der Waals surface area contributed by atoms with Crippen LogP contribution in [0.3, 0.4) is 0 Å². The van der Waals surface area contributed by atoms with Gasteiger partial charge >= 0.3 is 23.5 Å². The quantitative estimate of drug-likeness (QED) is 0.0470. The molecule has 2 aliphatic rings. The van der Waals surface area contributed by atoms with Crippen molar-refractivity contribution in [1.82, 2.24) is 30.2 Å². The number of carbonyl (C=O) groups excluding carboxylic acids is 3. The largest absolute Gasteiger partial charge is 0.481 e. The third-order valence-corrected chi connectivity index (χ3v) is 15.2. The van der Waals surface area contributed by atoms with E-state index in [-0.39, 0.29) is 48.7 Å². The van der Waals surface area contributed by atoms with E-state index < -0.39 is 90.0 Å². The number of benzene rings is 1. The molecule has 1 saturated carbocycles. The molecule has 1 aliphatic heterocycles. The monoisotopic (exact) mass is 1020 g/mol. The summed E-state index contributed by atoms with van der Waals surface area (Å²) in [6, 6.07) is 8.71. The van der Waals surface area contributed by atoms with Gasteiger partial charge in [0.2, 0.25) is 11.8 Å². The average molecular weight is 1020 g/mol. The Bertz CT molecular complexity index is 2380. The first kappa shape index (κ1) is 55.4. The number of nitrogens with zero attached hydrogens (tertiary/aromatic N) is 4. The fourth-order valence-electron chi connectivity index (χ4n) is 7.52. The van der Waals surface area contributed by atoms with Gasteiger partial charge < -0.3 is 50.9 Å². The molecule has 5 rings (SSSR count). The van der Waals surface area contributed by atoms with Crippen LogP contribution in [0.4, 0.5) is 5.82 Å². The van der Waals surface area contributed by atoms with Gasteiger partial charge in [0.1, 0.15) is 42.0 Å². The Hall–Kier alpha value is -3.57. The second kappa shape index (κ2) is 22.7. The summed E-state index contributed by atoms with van der Waals surface area (Å²) in [6.07, 6.45) is 1.78. The van der Waals surface area contributed by atoms with Crippen LogP contribution < -0.4 is 16.4 Å². The van der Waals surface area contributed by atoms with E-state index in [0.29, 0.717) is 11.8 Å². The highest BCUT2D eigenvalue weighted by molar-refractivity contribution is 7.61. The molecule has 0 spiro atoms. The van der Waals surface area contributed by atoms with E-state index in [2.05, 4.69) is 65.6 Å². The normalized spacial score (nSPS) is 21.8. The Kier molecular flexibility index (Phi) is 18.5. The van der Waals surface area contributed by atoms with E-state index in [9.17, 15) is 57.9 Å². The number of anilines is 1. The number of aliphatic hydroxyl groups is 2. The van der Waals surface area contributed by atoms with E-state index in [1.54, 1.807) is 0 Å². The number of ether oxygens (including phenoxy) is 1. The molecule has 27 heteroatoms. The number of phosphoric acid groups is 3. The number of nitrogens with one attached hydrogen (secondary N) is 2. The maximum atomic E-state index is 13.0. The van der Waals surface area contributed by atoms with Crippen LogP contribution >= 0.6 is 23.5 Å². The summed E-state index contributed by atoms with van der Waals surface area (Å²) in [5.41, 5.74) is 6.82.